The van der Waals surface area contributed by atoms with Crippen LogP contribution in [-0.2, 0) is 18.0 Å². The Morgan fingerprint density at radius 3 is 2.65 bits per heavy atom. The number of hydrogen-bond donors (Lipinski definition) is 1. The summed E-state index contributed by atoms with van der Waals surface area (Å²) in [5.41, 5.74) is -0.0861. The molecule has 0 fully saturated rings. The predicted molar refractivity (Wildman–Crippen MR) is 79.5 cm³/mol. The van der Waals surface area contributed by atoms with Gasteiger partial charge < -0.3 is 8.99 Å². The van der Waals surface area contributed by atoms with Gasteiger partial charge >= 0.3 is 5.69 Å². The van der Waals surface area contributed by atoms with Gasteiger partial charge in [0.25, 0.3) is 5.56 Å². The zero-order valence-electron chi connectivity index (χ0n) is 12.4. The molecule has 0 aliphatic heterocycles. The van der Waals surface area contributed by atoms with Gasteiger partial charge in [0, 0.05) is 13.6 Å². The summed E-state index contributed by atoms with van der Waals surface area (Å²) < 4.78 is 8.74. The molecule has 0 radical (unpaired) electrons. The Morgan fingerprint density at radius 2 is 2.05 bits per heavy atom. The van der Waals surface area contributed by atoms with Crippen molar-refractivity contribution in [2.75, 3.05) is 0 Å². The molecule has 0 saturated carbocycles. The summed E-state index contributed by atoms with van der Waals surface area (Å²) in [4.78, 5) is 30.3. The van der Waals surface area contributed by atoms with Crippen molar-refractivity contribution in [3.63, 3.8) is 0 Å². The number of aromatic amines is 1. The van der Waals surface area contributed by atoms with E-state index in [1.54, 1.807) is 10.9 Å². The van der Waals surface area contributed by atoms with Crippen molar-refractivity contribution in [1.29, 1.82) is 0 Å². The molecular weight excluding hydrogens is 276 g/mol. The maximum Gasteiger partial charge on any atom is 0.329 e. The lowest BCUT2D eigenvalue weighted by Crippen LogP contribution is -2.35. The zero-order valence-corrected chi connectivity index (χ0v) is 13.4. The first-order valence-electron chi connectivity index (χ1n) is 6.51. The molecule has 0 aromatic carbocycles. The number of fused-ring (bicyclic) bond motifs is 1. The largest absolute Gasteiger partial charge is 0.413 e. The lowest BCUT2D eigenvalue weighted by molar-refractivity contribution is 0.193. The molecule has 0 bridgehead atoms. The molecule has 2 aromatic rings. The van der Waals surface area contributed by atoms with Crippen LogP contribution in [0.2, 0.25) is 19.6 Å². The highest BCUT2D eigenvalue weighted by Gasteiger charge is 2.20. The summed E-state index contributed by atoms with van der Waals surface area (Å²) in [5, 5.41) is 0. The van der Waals surface area contributed by atoms with Crippen molar-refractivity contribution in [2.24, 2.45) is 7.05 Å². The average Bonchev–Trinajstić information content (AvgIpc) is 2.66. The van der Waals surface area contributed by atoms with Crippen LogP contribution in [0.3, 0.4) is 0 Å². The number of aromatic nitrogens is 4. The molecule has 2 aromatic heterocycles. The van der Waals surface area contributed by atoms with Crippen molar-refractivity contribution in [2.45, 2.75) is 39.2 Å². The Labute approximate surface area is 117 Å². The summed E-state index contributed by atoms with van der Waals surface area (Å²) in [6.45, 7) is 8.85. The third kappa shape index (κ3) is 2.91. The van der Waals surface area contributed by atoms with Crippen molar-refractivity contribution >= 4 is 19.5 Å². The van der Waals surface area contributed by atoms with Gasteiger partial charge in [0.2, 0.25) is 0 Å². The third-order valence-corrected chi connectivity index (χ3v) is 3.99. The fourth-order valence-corrected chi connectivity index (χ4v) is 3.47. The van der Waals surface area contributed by atoms with Gasteiger partial charge in [0.15, 0.2) is 19.5 Å². The van der Waals surface area contributed by atoms with Gasteiger partial charge in [-0.2, -0.15) is 0 Å². The second-order valence-electron chi connectivity index (χ2n) is 5.93. The number of hydrogen-bond acceptors (Lipinski definition) is 4. The SMILES string of the molecule is CC(Cn1cnc2[nH]c(=O)n(C)c(=O)c21)O[Si](C)(C)C. The highest BCUT2D eigenvalue weighted by atomic mass is 28.4. The molecule has 2 heterocycles. The fraction of sp³-hybridized carbons (Fsp3) is 0.583. The smallest absolute Gasteiger partial charge is 0.329 e. The van der Waals surface area contributed by atoms with Crippen LogP contribution >= 0.6 is 0 Å². The van der Waals surface area contributed by atoms with E-state index in [4.69, 9.17) is 4.43 Å². The number of imidazole rings is 1. The van der Waals surface area contributed by atoms with E-state index in [1.807, 2.05) is 6.92 Å². The van der Waals surface area contributed by atoms with Crippen LogP contribution in [0.4, 0.5) is 0 Å². The first-order valence-corrected chi connectivity index (χ1v) is 9.92. The summed E-state index contributed by atoms with van der Waals surface area (Å²) >= 11 is 0. The minimum absolute atomic E-state index is 0.0179. The average molecular weight is 296 g/mol. The topological polar surface area (TPSA) is 81.9 Å². The molecule has 0 spiro atoms. The van der Waals surface area contributed by atoms with Crippen molar-refractivity contribution in [3.05, 3.63) is 27.2 Å². The van der Waals surface area contributed by atoms with Crippen LogP contribution in [0.25, 0.3) is 11.2 Å². The van der Waals surface area contributed by atoms with Crippen molar-refractivity contribution in [1.82, 2.24) is 19.1 Å². The Balaban J connectivity index is 2.40. The van der Waals surface area contributed by atoms with E-state index < -0.39 is 14.0 Å². The van der Waals surface area contributed by atoms with Gasteiger partial charge in [-0.25, -0.2) is 9.78 Å². The van der Waals surface area contributed by atoms with Crippen molar-refractivity contribution in [3.8, 4) is 0 Å². The standard InChI is InChI=1S/C12H20N4O3Si/c1-8(19-20(3,4)5)6-16-7-13-10-9(16)11(17)15(2)12(18)14-10/h7-8H,6H2,1-5H3,(H,14,18). The number of nitrogens with zero attached hydrogens (tertiary/aromatic N) is 3. The van der Waals surface area contributed by atoms with Crippen LogP contribution in [0, 0.1) is 0 Å². The molecule has 0 saturated heterocycles. The van der Waals surface area contributed by atoms with Crippen LogP contribution in [0.15, 0.2) is 15.9 Å². The van der Waals surface area contributed by atoms with E-state index in [0.717, 1.165) is 4.57 Å². The first kappa shape index (κ1) is 14.7. The predicted octanol–water partition coefficient (Wildman–Crippen LogP) is 0.663. The second kappa shape index (κ2) is 5.02. The summed E-state index contributed by atoms with van der Waals surface area (Å²) in [7, 11) is -0.185. The van der Waals surface area contributed by atoms with Gasteiger partial charge in [-0.3, -0.25) is 14.3 Å². The van der Waals surface area contributed by atoms with E-state index in [2.05, 4.69) is 29.6 Å². The molecule has 0 aliphatic rings. The molecular formula is C12H20N4O3Si. The van der Waals surface area contributed by atoms with Crippen LogP contribution in [0.5, 0.6) is 0 Å². The minimum Gasteiger partial charge on any atom is -0.413 e. The van der Waals surface area contributed by atoms with E-state index in [1.165, 1.54) is 7.05 Å². The van der Waals surface area contributed by atoms with Gasteiger partial charge in [0.05, 0.1) is 12.4 Å². The van der Waals surface area contributed by atoms with Gasteiger partial charge in [-0.1, -0.05) is 0 Å². The van der Waals surface area contributed by atoms with E-state index in [-0.39, 0.29) is 11.7 Å². The monoisotopic (exact) mass is 296 g/mol. The van der Waals surface area contributed by atoms with E-state index in [0.29, 0.717) is 17.7 Å². The maximum atomic E-state index is 12.1. The van der Waals surface area contributed by atoms with Crippen LogP contribution in [-0.4, -0.2) is 33.5 Å². The Morgan fingerprint density at radius 1 is 1.40 bits per heavy atom. The molecule has 1 atom stereocenters. The van der Waals surface area contributed by atoms with Gasteiger partial charge in [0.1, 0.15) is 0 Å². The molecule has 7 nitrogen and oxygen atoms in total. The highest BCUT2D eigenvalue weighted by molar-refractivity contribution is 6.69. The summed E-state index contributed by atoms with van der Waals surface area (Å²) in [6.07, 6.45) is 1.54. The molecule has 20 heavy (non-hydrogen) atoms. The van der Waals surface area contributed by atoms with Crippen LogP contribution < -0.4 is 11.2 Å². The number of rotatable bonds is 4. The van der Waals surface area contributed by atoms with Crippen LogP contribution in [0.1, 0.15) is 6.92 Å². The normalized spacial score (nSPS) is 13.8. The third-order valence-electron chi connectivity index (χ3n) is 2.88. The van der Waals surface area contributed by atoms with E-state index >= 15 is 0 Å². The van der Waals surface area contributed by atoms with Gasteiger partial charge in [-0.15, -0.1) is 0 Å². The second-order valence-corrected chi connectivity index (χ2v) is 10.4. The molecule has 0 aliphatic carbocycles. The number of H-pyrrole nitrogens is 1. The van der Waals surface area contributed by atoms with E-state index in [9.17, 15) is 9.59 Å². The Kier molecular flexibility index (Phi) is 3.70. The summed E-state index contributed by atoms with van der Waals surface area (Å²) in [5.74, 6) is 0. The Bertz CT molecular complexity index is 738. The fourth-order valence-electron chi connectivity index (χ4n) is 2.19. The summed E-state index contributed by atoms with van der Waals surface area (Å²) in [6, 6.07) is 0. The first-order chi connectivity index (χ1) is 9.19. The lowest BCUT2D eigenvalue weighted by Gasteiger charge is -2.23. The molecule has 2 rings (SSSR count). The zero-order chi connectivity index (χ0) is 15.1. The quantitative estimate of drug-likeness (QED) is 0.840. The van der Waals surface area contributed by atoms with Gasteiger partial charge in [-0.05, 0) is 26.6 Å². The molecule has 1 unspecified atom stereocenters. The molecule has 0 amide bonds. The Hall–Kier alpha value is -1.67. The van der Waals surface area contributed by atoms with Crippen molar-refractivity contribution < 1.29 is 4.43 Å². The lowest BCUT2D eigenvalue weighted by atomic mass is 10.4. The molecule has 110 valence electrons. The molecule has 8 heteroatoms. The maximum absolute atomic E-state index is 12.1. The minimum atomic E-state index is -1.63. The number of nitrogens with one attached hydrogen (secondary N) is 1. The highest BCUT2D eigenvalue weighted by Crippen LogP contribution is 2.11. The molecule has 1 N–H and O–H groups in total.